The molecule has 2 aromatic rings. The largest absolute Gasteiger partial charge is 0.395 e. The molecule has 2 heterocycles. The molecule has 6 nitrogen and oxygen atoms in total. The van der Waals surface area contributed by atoms with Gasteiger partial charge in [-0.1, -0.05) is 6.07 Å². The summed E-state index contributed by atoms with van der Waals surface area (Å²) in [6, 6.07) is 5.97. The number of nitrogens with two attached hydrogens (primary N) is 1. The molecule has 1 aliphatic rings. The molecule has 0 fully saturated rings. The van der Waals surface area contributed by atoms with Crippen molar-refractivity contribution in [1.29, 1.82) is 0 Å². The Bertz CT molecular complexity index is 708. The second kappa shape index (κ2) is 5.26. The van der Waals surface area contributed by atoms with Crippen molar-refractivity contribution in [2.75, 3.05) is 30.7 Å². The zero-order valence-electron chi connectivity index (χ0n) is 10.9. The summed E-state index contributed by atoms with van der Waals surface area (Å²) >= 11 is 0. The summed E-state index contributed by atoms with van der Waals surface area (Å²) in [6.45, 7) is 1.15. The van der Waals surface area contributed by atoms with Crippen LogP contribution in [0.1, 0.15) is 5.56 Å². The van der Waals surface area contributed by atoms with Gasteiger partial charge in [0.15, 0.2) is 0 Å². The SMILES string of the molecule is Nc1nc(NCCO)c2ccc(C3=CC=NC3)cc2n1. The number of aromatic nitrogens is 2. The molecule has 3 rings (SSSR count). The number of hydrogen-bond donors (Lipinski definition) is 3. The molecule has 102 valence electrons. The van der Waals surface area contributed by atoms with Crippen molar-refractivity contribution < 1.29 is 5.11 Å². The second-order valence-electron chi connectivity index (χ2n) is 4.49. The van der Waals surface area contributed by atoms with Crippen molar-refractivity contribution in [3.8, 4) is 0 Å². The van der Waals surface area contributed by atoms with Crippen LogP contribution in [0.15, 0.2) is 29.3 Å². The highest BCUT2D eigenvalue weighted by molar-refractivity contribution is 5.95. The maximum atomic E-state index is 8.90. The van der Waals surface area contributed by atoms with Gasteiger partial charge in [0.25, 0.3) is 0 Å². The summed E-state index contributed by atoms with van der Waals surface area (Å²) in [6.07, 6.45) is 3.80. The predicted molar refractivity (Wildman–Crippen MR) is 80.9 cm³/mol. The Morgan fingerprint density at radius 3 is 2.95 bits per heavy atom. The van der Waals surface area contributed by atoms with Crippen molar-refractivity contribution in [1.82, 2.24) is 9.97 Å². The van der Waals surface area contributed by atoms with Crippen LogP contribution in [0.4, 0.5) is 11.8 Å². The average Bonchev–Trinajstić information content (AvgIpc) is 2.98. The molecule has 0 atom stereocenters. The van der Waals surface area contributed by atoms with Crippen LogP contribution in [0, 0.1) is 0 Å². The van der Waals surface area contributed by atoms with Gasteiger partial charge in [0.05, 0.1) is 18.7 Å². The lowest BCUT2D eigenvalue weighted by atomic mass is 10.0. The number of fused-ring (bicyclic) bond motifs is 1. The van der Waals surface area contributed by atoms with Crippen LogP contribution >= 0.6 is 0 Å². The minimum atomic E-state index is 0.0354. The first kappa shape index (κ1) is 12.6. The molecule has 0 saturated heterocycles. The van der Waals surface area contributed by atoms with E-state index >= 15 is 0 Å². The first-order valence-electron chi connectivity index (χ1n) is 6.39. The van der Waals surface area contributed by atoms with Crippen LogP contribution < -0.4 is 11.1 Å². The molecule has 0 amide bonds. The molecule has 0 saturated carbocycles. The first-order valence-corrected chi connectivity index (χ1v) is 6.39. The summed E-state index contributed by atoms with van der Waals surface area (Å²) in [4.78, 5) is 12.6. The van der Waals surface area contributed by atoms with Crippen LogP contribution in [-0.2, 0) is 0 Å². The predicted octanol–water partition coefficient (Wildman–Crippen LogP) is 1.08. The highest BCUT2D eigenvalue weighted by Crippen LogP contribution is 2.26. The normalized spacial score (nSPS) is 13.8. The first-order chi connectivity index (χ1) is 9.78. The van der Waals surface area contributed by atoms with Gasteiger partial charge in [-0.25, -0.2) is 4.98 Å². The molecule has 20 heavy (non-hydrogen) atoms. The maximum Gasteiger partial charge on any atom is 0.222 e. The van der Waals surface area contributed by atoms with E-state index in [9.17, 15) is 0 Å². The number of benzene rings is 1. The lowest BCUT2D eigenvalue weighted by molar-refractivity contribution is 0.311. The fourth-order valence-corrected chi connectivity index (χ4v) is 2.19. The quantitative estimate of drug-likeness (QED) is 0.772. The molecule has 0 bridgehead atoms. The number of aliphatic hydroxyl groups is 1. The lowest BCUT2D eigenvalue weighted by Crippen LogP contribution is -2.09. The zero-order chi connectivity index (χ0) is 13.9. The molecule has 1 aromatic heterocycles. The molecule has 0 spiro atoms. The van der Waals surface area contributed by atoms with E-state index in [0.29, 0.717) is 18.9 Å². The molecule has 6 heteroatoms. The van der Waals surface area contributed by atoms with Gasteiger partial charge in [-0.15, -0.1) is 0 Å². The van der Waals surface area contributed by atoms with Gasteiger partial charge in [-0.05, 0) is 29.3 Å². The average molecular weight is 269 g/mol. The van der Waals surface area contributed by atoms with Crippen LogP contribution in [0.5, 0.6) is 0 Å². The van der Waals surface area contributed by atoms with Crippen LogP contribution in [0.3, 0.4) is 0 Å². The summed E-state index contributed by atoms with van der Waals surface area (Å²) < 4.78 is 0. The minimum absolute atomic E-state index is 0.0354. The van der Waals surface area contributed by atoms with Crippen molar-refractivity contribution in [2.45, 2.75) is 0 Å². The van der Waals surface area contributed by atoms with Gasteiger partial charge in [0.1, 0.15) is 5.82 Å². The van der Waals surface area contributed by atoms with Crippen LogP contribution in [0.2, 0.25) is 0 Å². The minimum Gasteiger partial charge on any atom is -0.395 e. The third-order valence-electron chi connectivity index (χ3n) is 3.13. The van der Waals surface area contributed by atoms with E-state index < -0.39 is 0 Å². The third kappa shape index (κ3) is 2.33. The molecule has 0 unspecified atom stereocenters. The van der Waals surface area contributed by atoms with E-state index in [4.69, 9.17) is 10.8 Å². The van der Waals surface area contributed by atoms with Gasteiger partial charge >= 0.3 is 0 Å². The van der Waals surface area contributed by atoms with Crippen LogP contribution in [0.25, 0.3) is 16.5 Å². The number of hydrogen-bond acceptors (Lipinski definition) is 6. The van der Waals surface area contributed by atoms with E-state index in [2.05, 4.69) is 20.3 Å². The monoisotopic (exact) mass is 269 g/mol. The van der Waals surface area contributed by atoms with Crippen molar-refractivity contribution in [3.63, 3.8) is 0 Å². The number of rotatable bonds is 4. The van der Waals surface area contributed by atoms with Crippen molar-refractivity contribution in [2.24, 2.45) is 4.99 Å². The molecular weight excluding hydrogens is 254 g/mol. The van der Waals surface area contributed by atoms with Gasteiger partial charge in [-0.2, -0.15) is 4.98 Å². The highest BCUT2D eigenvalue weighted by atomic mass is 16.3. The fraction of sp³-hybridized carbons (Fsp3) is 0.214. The number of aliphatic imine (C=N–C) groups is 1. The topological polar surface area (TPSA) is 96.4 Å². The maximum absolute atomic E-state index is 8.90. The smallest absolute Gasteiger partial charge is 0.222 e. The number of nitrogens with zero attached hydrogens (tertiary/aromatic N) is 3. The number of nitrogen functional groups attached to an aromatic ring is 1. The standard InChI is InChI=1S/C14H15N5O/c15-14-18-12-7-9(10-3-4-16-8-10)1-2-11(12)13(19-14)17-5-6-20/h1-4,7,20H,5-6,8H2,(H3,15,17,18,19). The molecule has 1 aromatic carbocycles. The van der Waals surface area contributed by atoms with E-state index in [1.165, 1.54) is 0 Å². The number of anilines is 2. The van der Waals surface area contributed by atoms with Gasteiger partial charge < -0.3 is 16.2 Å². The van der Waals surface area contributed by atoms with E-state index in [-0.39, 0.29) is 12.6 Å². The molecule has 0 radical (unpaired) electrons. The van der Waals surface area contributed by atoms with Gasteiger partial charge in [0.2, 0.25) is 5.95 Å². The summed E-state index contributed by atoms with van der Waals surface area (Å²) in [5.74, 6) is 0.858. The van der Waals surface area contributed by atoms with E-state index in [1.54, 1.807) is 0 Å². The Balaban J connectivity index is 2.05. The van der Waals surface area contributed by atoms with Crippen LogP contribution in [-0.4, -0.2) is 41.0 Å². The number of allylic oxidation sites excluding steroid dienone is 1. The van der Waals surface area contributed by atoms with Crippen molar-refractivity contribution >= 4 is 34.5 Å². The third-order valence-corrected chi connectivity index (χ3v) is 3.13. The molecule has 4 N–H and O–H groups in total. The molecular formula is C14H15N5O. The van der Waals surface area contributed by atoms with E-state index in [1.807, 2.05) is 30.5 Å². The lowest BCUT2D eigenvalue weighted by Gasteiger charge is -2.10. The van der Waals surface area contributed by atoms with E-state index in [0.717, 1.165) is 22.0 Å². The van der Waals surface area contributed by atoms with Gasteiger partial charge in [-0.3, -0.25) is 4.99 Å². The zero-order valence-corrected chi connectivity index (χ0v) is 10.9. The number of aliphatic hydroxyl groups excluding tert-OH is 1. The Morgan fingerprint density at radius 1 is 1.30 bits per heavy atom. The summed E-state index contributed by atoms with van der Waals surface area (Å²) in [5, 5.41) is 12.8. The fourth-order valence-electron chi connectivity index (χ4n) is 2.19. The number of nitrogens with one attached hydrogen (secondary N) is 1. The second-order valence-corrected chi connectivity index (χ2v) is 4.49. The Morgan fingerprint density at radius 2 is 2.20 bits per heavy atom. The van der Waals surface area contributed by atoms with Gasteiger partial charge in [0, 0.05) is 18.1 Å². The summed E-state index contributed by atoms with van der Waals surface area (Å²) in [5.41, 5.74) is 8.76. The van der Waals surface area contributed by atoms with Crippen molar-refractivity contribution in [3.05, 3.63) is 29.8 Å². The molecule has 1 aliphatic heterocycles. The Labute approximate surface area is 116 Å². The Kier molecular flexibility index (Phi) is 3.30. The highest BCUT2D eigenvalue weighted by Gasteiger charge is 2.09. The summed E-state index contributed by atoms with van der Waals surface area (Å²) in [7, 11) is 0. The molecule has 0 aliphatic carbocycles. The Hall–Kier alpha value is -2.47.